The number of likely N-dealkylation sites (tertiary alicyclic amines) is 1. The minimum Gasteiger partial charge on any atom is -0.296 e. The minimum atomic E-state index is 0.493. The van der Waals surface area contributed by atoms with E-state index in [1.165, 1.54) is 44.3 Å². The maximum absolute atomic E-state index is 6.17. The van der Waals surface area contributed by atoms with Crippen LogP contribution in [0.3, 0.4) is 0 Å². The Morgan fingerprint density at radius 1 is 1.56 bits per heavy atom. The van der Waals surface area contributed by atoms with E-state index in [1.54, 1.807) is 6.20 Å². The van der Waals surface area contributed by atoms with Crippen LogP contribution in [0.1, 0.15) is 44.2 Å². The van der Waals surface area contributed by atoms with Crippen molar-refractivity contribution < 1.29 is 0 Å². The molecule has 1 aliphatic heterocycles. The highest BCUT2D eigenvalue weighted by Gasteiger charge is 2.26. The number of pyridine rings is 1. The summed E-state index contributed by atoms with van der Waals surface area (Å²) in [5, 5.41) is 0.677. The smallest absolute Gasteiger partial charge is 0.133 e. The first-order valence-electron chi connectivity index (χ1n) is 6.17. The van der Waals surface area contributed by atoms with Gasteiger partial charge in [0.1, 0.15) is 5.15 Å². The van der Waals surface area contributed by atoms with E-state index in [9.17, 15) is 0 Å². The molecule has 16 heavy (non-hydrogen) atoms. The zero-order chi connectivity index (χ0) is 11.4. The fraction of sp³-hybridized carbons (Fsp3) is 0.615. The molecule has 1 aromatic rings. The summed E-state index contributed by atoms with van der Waals surface area (Å²) in [6, 6.07) is 4.59. The molecule has 1 aromatic heterocycles. The molecule has 2 nitrogen and oxygen atoms in total. The van der Waals surface area contributed by atoms with E-state index < -0.39 is 0 Å². The molecule has 2 rings (SSSR count). The Labute approximate surface area is 103 Å². The van der Waals surface area contributed by atoms with Gasteiger partial charge in [0, 0.05) is 17.8 Å². The molecule has 0 N–H and O–H groups in total. The van der Waals surface area contributed by atoms with Crippen LogP contribution in [0.15, 0.2) is 18.3 Å². The maximum Gasteiger partial charge on any atom is 0.133 e. The van der Waals surface area contributed by atoms with Crippen LogP contribution in [0.5, 0.6) is 0 Å². The molecule has 3 heteroatoms. The number of hydrogen-bond donors (Lipinski definition) is 0. The second-order valence-electron chi connectivity index (χ2n) is 4.43. The SMILES string of the molecule is CCCCN1CCC[C@@H]1c1cccnc1Cl. The van der Waals surface area contributed by atoms with E-state index in [1.807, 2.05) is 6.07 Å². The number of nitrogens with zero attached hydrogens (tertiary/aromatic N) is 2. The highest BCUT2D eigenvalue weighted by molar-refractivity contribution is 6.30. The Morgan fingerprint density at radius 2 is 2.44 bits per heavy atom. The lowest BCUT2D eigenvalue weighted by molar-refractivity contribution is 0.253. The van der Waals surface area contributed by atoms with Crippen LogP contribution in [-0.4, -0.2) is 23.0 Å². The molecule has 0 unspecified atom stereocenters. The lowest BCUT2D eigenvalue weighted by atomic mass is 10.1. The van der Waals surface area contributed by atoms with Crippen LogP contribution in [0, 0.1) is 0 Å². The zero-order valence-electron chi connectivity index (χ0n) is 9.82. The van der Waals surface area contributed by atoms with E-state index in [4.69, 9.17) is 11.6 Å². The van der Waals surface area contributed by atoms with Crippen molar-refractivity contribution in [3.05, 3.63) is 29.0 Å². The van der Waals surface area contributed by atoms with Crippen molar-refractivity contribution in [3.8, 4) is 0 Å². The normalized spacial score (nSPS) is 21.5. The van der Waals surface area contributed by atoms with Gasteiger partial charge in [0.15, 0.2) is 0 Å². The fourth-order valence-corrected chi connectivity index (χ4v) is 2.70. The molecule has 0 amide bonds. The predicted molar refractivity (Wildman–Crippen MR) is 67.7 cm³/mol. The molecule has 0 aliphatic carbocycles. The van der Waals surface area contributed by atoms with Gasteiger partial charge in [-0.05, 0) is 38.4 Å². The van der Waals surface area contributed by atoms with Gasteiger partial charge in [-0.1, -0.05) is 31.0 Å². The van der Waals surface area contributed by atoms with Crippen LogP contribution in [-0.2, 0) is 0 Å². The number of hydrogen-bond acceptors (Lipinski definition) is 2. The number of aromatic nitrogens is 1. The van der Waals surface area contributed by atoms with Crippen molar-refractivity contribution in [2.24, 2.45) is 0 Å². The van der Waals surface area contributed by atoms with Crippen molar-refractivity contribution >= 4 is 11.6 Å². The molecule has 0 bridgehead atoms. The minimum absolute atomic E-state index is 0.493. The topological polar surface area (TPSA) is 16.1 Å². The van der Waals surface area contributed by atoms with E-state index in [-0.39, 0.29) is 0 Å². The van der Waals surface area contributed by atoms with Crippen LogP contribution >= 0.6 is 11.6 Å². The van der Waals surface area contributed by atoms with Gasteiger partial charge >= 0.3 is 0 Å². The van der Waals surface area contributed by atoms with Crippen LogP contribution in [0.25, 0.3) is 0 Å². The van der Waals surface area contributed by atoms with Gasteiger partial charge in [-0.3, -0.25) is 4.90 Å². The highest BCUT2D eigenvalue weighted by Crippen LogP contribution is 2.34. The van der Waals surface area contributed by atoms with E-state index in [0.29, 0.717) is 11.2 Å². The van der Waals surface area contributed by atoms with Gasteiger partial charge in [0.25, 0.3) is 0 Å². The summed E-state index contributed by atoms with van der Waals surface area (Å²) in [6.07, 6.45) is 6.78. The first kappa shape index (κ1) is 11.9. The Balaban J connectivity index is 2.10. The van der Waals surface area contributed by atoms with Gasteiger partial charge in [-0.15, -0.1) is 0 Å². The Hall–Kier alpha value is -0.600. The molecule has 1 saturated heterocycles. The Morgan fingerprint density at radius 3 is 3.19 bits per heavy atom. The van der Waals surface area contributed by atoms with Crippen LogP contribution in [0.2, 0.25) is 5.15 Å². The van der Waals surface area contributed by atoms with E-state index in [0.717, 1.165) is 0 Å². The molecule has 2 heterocycles. The predicted octanol–water partition coefficient (Wildman–Crippen LogP) is 3.67. The lowest BCUT2D eigenvalue weighted by Gasteiger charge is -2.24. The number of halogens is 1. The molecule has 0 radical (unpaired) electrons. The standard InChI is InChI=1S/C13H19ClN2/c1-2-3-9-16-10-5-7-12(16)11-6-4-8-15-13(11)14/h4,6,8,12H,2-3,5,7,9-10H2,1H3/t12-/m1/s1. The molecule has 1 fully saturated rings. The summed E-state index contributed by atoms with van der Waals surface area (Å²) < 4.78 is 0. The van der Waals surface area contributed by atoms with Gasteiger partial charge < -0.3 is 0 Å². The summed E-state index contributed by atoms with van der Waals surface area (Å²) >= 11 is 6.17. The molecular formula is C13H19ClN2. The van der Waals surface area contributed by atoms with Crippen molar-refractivity contribution in [1.29, 1.82) is 0 Å². The summed E-state index contributed by atoms with van der Waals surface area (Å²) in [5.41, 5.74) is 1.21. The van der Waals surface area contributed by atoms with Gasteiger partial charge in [-0.25, -0.2) is 4.98 Å². The van der Waals surface area contributed by atoms with Gasteiger partial charge in [0.2, 0.25) is 0 Å². The van der Waals surface area contributed by atoms with E-state index in [2.05, 4.69) is 22.9 Å². The molecule has 1 atom stereocenters. The second kappa shape index (κ2) is 5.65. The average Bonchev–Trinajstić information content (AvgIpc) is 2.75. The summed E-state index contributed by atoms with van der Waals surface area (Å²) in [4.78, 5) is 6.73. The molecule has 0 aromatic carbocycles. The number of unbranched alkanes of at least 4 members (excludes halogenated alkanes) is 1. The lowest BCUT2D eigenvalue weighted by Crippen LogP contribution is -2.24. The van der Waals surface area contributed by atoms with Crippen molar-refractivity contribution in [3.63, 3.8) is 0 Å². The quantitative estimate of drug-likeness (QED) is 0.744. The largest absolute Gasteiger partial charge is 0.296 e. The second-order valence-corrected chi connectivity index (χ2v) is 4.79. The van der Waals surface area contributed by atoms with Crippen molar-refractivity contribution in [2.45, 2.75) is 38.6 Å². The van der Waals surface area contributed by atoms with Crippen molar-refractivity contribution in [2.75, 3.05) is 13.1 Å². The molecule has 0 spiro atoms. The van der Waals surface area contributed by atoms with Crippen molar-refractivity contribution in [1.82, 2.24) is 9.88 Å². The van der Waals surface area contributed by atoms with Gasteiger partial charge in [-0.2, -0.15) is 0 Å². The van der Waals surface area contributed by atoms with E-state index >= 15 is 0 Å². The average molecular weight is 239 g/mol. The summed E-state index contributed by atoms with van der Waals surface area (Å²) in [5.74, 6) is 0. The third kappa shape index (κ3) is 2.55. The Kier molecular flexibility index (Phi) is 4.19. The molecule has 88 valence electrons. The third-order valence-electron chi connectivity index (χ3n) is 3.31. The van der Waals surface area contributed by atoms with Crippen LogP contribution < -0.4 is 0 Å². The number of rotatable bonds is 4. The summed E-state index contributed by atoms with van der Waals surface area (Å²) in [6.45, 7) is 4.63. The zero-order valence-corrected chi connectivity index (χ0v) is 10.6. The molecule has 0 saturated carbocycles. The summed E-state index contributed by atoms with van der Waals surface area (Å²) in [7, 11) is 0. The molecular weight excluding hydrogens is 220 g/mol. The highest BCUT2D eigenvalue weighted by atomic mass is 35.5. The monoisotopic (exact) mass is 238 g/mol. The Bertz CT molecular complexity index is 340. The molecule has 1 aliphatic rings. The van der Waals surface area contributed by atoms with Gasteiger partial charge in [0.05, 0.1) is 0 Å². The fourth-order valence-electron chi connectivity index (χ4n) is 2.45. The van der Waals surface area contributed by atoms with Crippen LogP contribution in [0.4, 0.5) is 0 Å². The third-order valence-corrected chi connectivity index (χ3v) is 3.63. The first-order chi connectivity index (χ1) is 7.83. The first-order valence-corrected chi connectivity index (χ1v) is 6.55. The maximum atomic E-state index is 6.17.